The summed E-state index contributed by atoms with van der Waals surface area (Å²) in [4.78, 5) is 15.4. The average molecular weight is 796 g/mol. The number of aromatic nitrogens is 3. The van der Waals surface area contributed by atoms with Crippen molar-refractivity contribution in [2.45, 2.75) is 0 Å². The van der Waals surface area contributed by atoms with E-state index in [2.05, 4.69) is 206 Å². The topological polar surface area (TPSA) is 38.7 Å². The molecule has 0 bridgehead atoms. The molecule has 2 aromatic heterocycles. The Morgan fingerprint density at radius 3 is 1.28 bits per heavy atom. The Hall–Kier alpha value is -7.79. The van der Waals surface area contributed by atoms with E-state index in [-0.39, 0.29) is 0 Å². The third-order valence-electron chi connectivity index (χ3n) is 11.4. The summed E-state index contributed by atoms with van der Waals surface area (Å²) in [5.74, 6) is 1.89. The van der Waals surface area contributed by atoms with Gasteiger partial charge in [0.1, 0.15) is 0 Å². The predicted molar refractivity (Wildman–Crippen MR) is 256 cm³/mol. The summed E-state index contributed by atoms with van der Waals surface area (Å²) in [5.41, 5.74) is 14.4. The lowest BCUT2D eigenvalue weighted by molar-refractivity contribution is 1.07. The molecule has 0 amide bonds. The van der Waals surface area contributed by atoms with Gasteiger partial charge < -0.3 is 0 Å². The van der Waals surface area contributed by atoms with Crippen molar-refractivity contribution in [3.8, 4) is 89.8 Å². The average Bonchev–Trinajstić information content (AvgIpc) is 3.74. The molecule has 3 nitrogen and oxygen atoms in total. The Labute approximate surface area is 359 Å². The molecule has 0 aliphatic heterocycles. The van der Waals surface area contributed by atoms with Crippen molar-refractivity contribution in [3.05, 3.63) is 224 Å². The maximum Gasteiger partial charge on any atom is 0.164 e. The second kappa shape index (κ2) is 15.8. The molecule has 11 aromatic rings. The van der Waals surface area contributed by atoms with Crippen molar-refractivity contribution in [1.82, 2.24) is 15.0 Å². The highest BCUT2D eigenvalue weighted by Gasteiger charge is 2.17. The molecular formula is C57H37N3S. The van der Waals surface area contributed by atoms with E-state index in [1.165, 1.54) is 48.0 Å². The van der Waals surface area contributed by atoms with Gasteiger partial charge in [-0.3, -0.25) is 0 Å². The predicted octanol–water partition coefficient (Wildman–Crippen LogP) is 15.6. The fourth-order valence-corrected chi connectivity index (χ4v) is 9.49. The van der Waals surface area contributed by atoms with Gasteiger partial charge in [-0.05, 0) is 67.8 Å². The second-order valence-corrected chi connectivity index (χ2v) is 16.2. The molecule has 4 heteroatoms. The zero-order chi connectivity index (χ0) is 40.5. The van der Waals surface area contributed by atoms with Crippen LogP contribution in [0, 0.1) is 0 Å². The molecular weight excluding hydrogens is 759 g/mol. The first-order chi connectivity index (χ1) is 30.2. The molecule has 0 aliphatic carbocycles. The van der Waals surface area contributed by atoms with Crippen molar-refractivity contribution >= 4 is 31.5 Å². The molecule has 0 aliphatic rings. The molecule has 0 spiro atoms. The quantitative estimate of drug-likeness (QED) is 0.154. The molecule has 11 rings (SSSR count). The van der Waals surface area contributed by atoms with Crippen molar-refractivity contribution in [2.24, 2.45) is 0 Å². The van der Waals surface area contributed by atoms with Crippen LogP contribution in [0.5, 0.6) is 0 Å². The number of fused-ring (bicyclic) bond motifs is 3. The summed E-state index contributed by atoms with van der Waals surface area (Å²) in [6.45, 7) is 0. The van der Waals surface area contributed by atoms with E-state index in [0.717, 1.165) is 44.5 Å². The molecule has 0 fully saturated rings. The smallest absolute Gasteiger partial charge is 0.164 e. The lowest BCUT2D eigenvalue weighted by atomic mass is 9.96. The van der Waals surface area contributed by atoms with Gasteiger partial charge in [0.25, 0.3) is 0 Å². The Morgan fingerprint density at radius 1 is 0.246 bits per heavy atom. The number of thiophene rings is 1. The summed E-state index contributed by atoms with van der Waals surface area (Å²) in [6, 6.07) is 79.3. The van der Waals surface area contributed by atoms with E-state index in [9.17, 15) is 0 Å². The zero-order valence-corrected chi connectivity index (χ0v) is 33.9. The number of rotatable bonds is 8. The van der Waals surface area contributed by atoms with Gasteiger partial charge >= 0.3 is 0 Å². The summed E-state index contributed by atoms with van der Waals surface area (Å²) in [6.07, 6.45) is 0. The minimum absolute atomic E-state index is 0.627. The van der Waals surface area contributed by atoms with Crippen LogP contribution >= 0.6 is 11.3 Å². The van der Waals surface area contributed by atoms with Gasteiger partial charge in [-0.15, -0.1) is 11.3 Å². The fourth-order valence-electron chi connectivity index (χ4n) is 8.25. The number of hydrogen-bond acceptors (Lipinski definition) is 4. The first kappa shape index (κ1) is 36.3. The molecule has 0 unspecified atom stereocenters. The molecule has 0 radical (unpaired) electrons. The molecule has 286 valence electrons. The van der Waals surface area contributed by atoms with Gasteiger partial charge in [0, 0.05) is 36.9 Å². The maximum absolute atomic E-state index is 5.14. The van der Waals surface area contributed by atoms with E-state index < -0.39 is 0 Å². The van der Waals surface area contributed by atoms with Crippen LogP contribution in [0.3, 0.4) is 0 Å². The van der Waals surface area contributed by atoms with E-state index >= 15 is 0 Å². The van der Waals surface area contributed by atoms with E-state index in [4.69, 9.17) is 15.0 Å². The normalized spacial score (nSPS) is 11.3. The van der Waals surface area contributed by atoms with Crippen LogP contribution in [0.4, 0.5) is 0 Å². The SMILES string of the molecule is c1ccc(-c2ccc(-c3nc(-c4ccc(-c5cccc(-c6ccc(-c7cccc8c7sc7ccccc78)cc6)c5)cc4)nc(-c4ccccc4-c4ccccc4)n3)cc2)cc1. The van der Waals surface area contributed by atoms with Crippen LogP contribution in [0.25, 0.3) is 110 Å². The zero-order valence-electron chi connectivity index (χ0n) is 33.1. The van der Waals surface area contributed by atoms with Gasteiger partial charge in [0.05, 0.1) is 0 Å². The van der Waals surface area contributed by atoms with E-state index in [1.807, 2.05) is 29.5 Å². The maximum atomic E-state index is 5.14. The highest BCUT2D eigenvalue weighted by Crippen LogP contribution is 2.40. The van der Waals surface area contributed by atoms with Crippen LogP contribution in [0.15, 0.2) is 224 Å². The molecule has 0 N–H and O–H groups in total. The third-order valence-corrected chi connectivity index (χ3v) is 12.6. The summed E-state index contributed by atoms with van der Waals surface area (Å²) < 4.78 is 2.66. The molecule has 0 atom stereocenters. The van der Waals surface area contributed by atoms with Crippen molar-refractivity contribution in [3.63, 3.8) is 0 Å². The largest absolute Gasteiger partial charge is 0.208 e. The molecule has 9 aromatic carbocycles. The van der Waals surface area contributed by atoms with Gasteiger partial charge in [-0.2, -0.15) is 0 Å². The minimum Gasteiger partial charge on any atom is -0.208 e. The number of benzene rings is 9. The Bertz CT molecular complexity index is 3320. The summed E-state index contributed by atoms with van der Waals surface area (Å²) >= 11 is 1.87. The first-order valence-corrected chi connectivity index (χ1v) is 21.3. The van der Waals surface area contributed by atoms with Gasteiger partial charge in [0.2, 0.25) is 0 Å². The molecule has 0 saturated carbocycles. The lowest BCUT2D eigenvalue weighted by Gasteiger charge is -2.13. The van der Waals surface area contributed by atoms with Crippen LogP contribution in [0.2, 0.25) is 0 Å². The number of hydrogen-bond donors (Lipinski definition) is 0. The van der Waals surface area contributed by atoms with Crippen LogP contribution in [0.1, 0.15) is 0 Å². The lowest BCUT2D eigenvalue weighted by Crippen LogP contribution is -2.01. The first-order valence-electron chi connectivity index (χ1n) is 20.5. The van der Waals surface area contributed by atoms with Crippen LogP contribution in [-0.4, -0.2) is 15.0 Å². The van der Waals surface area contributed by atoms with Crippen molar-refractivity contribution in [1.29, 1.82) is 0 Å². The Kier molecular flexibility index (Phi) is 9.38. The molecule has 0 saturated heterocycles. The number of nitrogens with zero attached hydrogens (tertiary/aromatic N) is 3. The second-order valence-electron chi connectivity index (χ2n) is 15.2. The highest BCUT2D eigenvalue weighted by atomic mass is 32.1. The van der Waals surface area contributed by atoms with E-state index in [1.54, 1.807) is 0 Å². The Morgan fingerprint density at radius 2 is 0.639 bits per heavy atom. The third kappa shape index (κ3) is 7.09. The van der Waals surface area contributed by atoms with Crippen LogP contribution < -0.4 is 0 Å². The fraction of sp³-hybridized carbons (Fsp3) is 0. The Balaban J connectivity index is 0.920. The van der Waals surface area contributed by atoms with Gasteiger partial charge in [0.15, 0.2) is 17.5 Å². The summed E-state index contributed by atoms with van der Waals surface area (Å²) in [5, 5.41) is 2.64. The van der Waals surface area contributed by atoms with Crippen molar-refractivity contribution in [2.75, 3.05) is 0 Å². The van der Waals surface area contributed by atoms with Crippen LogP contribution in [-0.2, 0) is 0 Å². The minimum atomic E-state index is 0.627. The molecule has 61 heavy (non-hydrogen) atoms. The standard InChI is InChI=1S/C57H37N3S/c1-3-13-38(14-4-1)39-27-33-44(34-28-39)55-58-56(60-57(59-55)52-21-8-7-19-48(52)42-15-5-2-6-16-42)45-35-29-41(30-36-45)47-18-11-17-46(37-47)40-25-31-43(32-26-40)49-22-12-23-51-50-20-9-10-24-53(50)61-54(49)51/h1-37H. The van der Waals surface area contributed by atoms with Gasteiger partial charge in [-0.25, -0.2) is 15.0 Å². The molecule has 2 heterocycles. The van der Waals surface area contributed by atoms with E-state index in [0.29, 0.717) is 17.5 Å². The monoisotopic (exact) mass is 795 g/mol. The van der Waals surface area contributed by atoms with Gasteiger partial charge in [-0.1, -0.05) is 212 Å². The van der Waals surface area contributed by atoms with Crippen molar-refractivity contribution < 1.29 is 0 Å². The highest BCUT2D eigenvalue weighted by molar-refractivity contribution is 7.26. The summed E-state index contributed by atoms with van der Waals surface area (Å²) in [7, 11) is 0.